The molecule has 0 N–H and O–H groups in total. The van der Waals surface area contributed by atoms with Crippen LogP contribution in [0.5, 0.6) is 23.0 Å². The Balaban J connectivity index is 2.49. The largest absolute Gasteiger partial charge is 0.496 e. The van der Waals surface area contributed by atoms with Crippen molar-refractivity contribution >= 4 is 0 Å². The lowest BCUT2D eigenvalue weighted by molar-refractivity contribution is 0.171. The normalized spacial score (nSPS) is 12.8. The standard InChI is InChI=1S/C9H10O4/c1-10-6-3-7(11-2)9-8(4-6)12-5-13-9/h3-4H,5H2,1-2H3. The summed E-state index contributed by atoms with van der Waals surface area (Å²) in [7, 11) is 3.17. The summed E-state index contributed by atoms with van der Waals surface area (Å²) in [6, 6.07) is 3.53. The van der Waals surface area contributed by atoms with Crippen LogP contribution in [0, 0.1) is 0 Å². The van der Waals surface area contributed by atoms with Crippen molar-refractivity contribution < 1.29 is 18.9 Å². The second-order valence-corrected chi connectivity index (χ2v) is 2.56. The van der Waals surface area contributed by atoms with Gasteiger partial charge in [0.1, 0.15) is 5.75 Å². The molecule has 0 saturated carbocycles. The SMILES string of the molecule is COc1cc(OC)c2c(c1)OCO2. The molecule has 0 aliphatic carbocycles. The second-order valence-electron chi connectivity index (χ2n) is 2.56. The topological polar surface area (TPSA) is 36.9 Å². The second kappa shape index (κ2) is 3.05. The lowest BCUT2D eigenvalue weighted by Gasteiger charge is -2.06. The van der Waals surface area contributed by atoms with Crippen LogP contribution in [-0.2, 0) is 0 Å². The highest BCUT2D eigenvalue weighted by molar-refractivity contribution is 5.56. The number of ether oxygens (including phenoxy) is 4. The van der Waals surface area contributed by atoms with Gasteiger partial charge in [0.05, 0.1) is 14.2 Å². The summed E-state index contributed by atoms with van der Waals surface area (Å²) in [5.74, 6) is 2.63. The van der Waals surface area contributed by atoms with Crippen LogP contribution < -0.4 is 18.9 Å². The molecule has 1 aliphatic heterocycles. The van der Waals surface area contributed by atoms with E-state index in [2.05, 4.69) is 0 Å². The van der Waals surface area contributed by atoms with Crippen molar-refractivity contribution in [2.24, 2.45) is 0 Å². The zero-order chi connectivity index (χ0) is 9.26. The summed E-state index contributed by atoms with van der Waals surface area (Å²) in [5.41, 5.74) is 0. The van der Waals surface area contributed by atoms with Crippen LogP contribution in [0.1, 0.15) is 0 Å². The summed E-state index contributed by atoms with van der Waals surface area (Å²) in [5, 5.41) is 0. The zero-order valence-electron chi connectivity index (χ0n) is 7.49. The van der Waals surface area contributed by atoms with Crippen LogP contribution in [0.2, 0.25) is 0 Å². The van der Waals surface area contributed by atoms with Gasteiger partial charge >= 0.3 is 0 Å². The smallest absolute Gasteiger partial charge is 0.231 e. The van der Waals surface area contributed by atoms with Gasteiger partial charge in [-0.3, -0.25) is 0 Å². The Labute approximate surface area is 76.0 Å². The van der Waals surface area contributed by atoms with Crippen molar-refractivity contribution in [3.63, 3.8) is 0 Å². The van der Waals surface area contributed by atoms with Gasteiger partial charge in [-0.25, -0.2) is 0 Å². The Morgan fingerprint density at radius 2 is 2.00 bits per heavy atom. The third-order valence-electron chi connectivity index (χ3n) is 1.87. The van der Waals surface area contributed by atoms with E-state index < -0.39 is 0 Å². The van der Waals surface area contributed by atoms with Gasteiger partial charge < -0.3 is 18.9 Å². The molecule has 4 heteroatoms. The molecule has 4 nitrogen and oxygen atoms in total. The molecule has 13 heavy (non-hydrogen) atoms. The predicted octanol–water partition coefficient (Wildman–Crippen LogP) is 1.43. The molecule has 0 saturated heterocycles. The molecule has 1 aliphatic rings. The van der Waals surface area contributed by atoms with E-state index in [-0.39, 0.29) is 6.79 Å². The van der Waals surface area contributed by atoms with Crippen molar-refractivity contribution in [1.29, 1.82) is 0 Å². The van der Waals surface area contributed by atoms with E-state index in [1.807, 2.05) is 0 Å². The molecular formula is C9H10O4. The molecule has 0 amide bonds. The maximum Gasteiger partial charge on any atom is 0.231 e. The van der Waals surface area contributed by atoms with Crippen molar-refractivity contribution in [2.75, 3.05) is 21.0 Å². The fourth-order valence-corrected chi connectivity index (χ4v) is 1.22. The van der Waals surface area contributed by atoms with Crippen LogP contribution in [0.3, 0.4) is 0 Å². The van der Waals surface area contributed by atoms with E-state index in [1.165, 1.54) is 0 Å². The van der Waals surface area contributed by atoms with Gasteiger partial charge in [-0.15, -0.1) is 0 Å². The summed E-state index contributed by atoms with van der Waals surface area (Å²) in [4.78, 5) is 0. The Hall–Kier alpha value is -1.58. The first-order chi connectivity index (χ1) is 6.35. The number of fused-ring (bicyclic) bond motifs is 1. The first kappa shape index (κ1) is 8.04. The Morgan fingerprint density at radius 1 is 1.15 bits per heavy atom. The quantitative estimate of drug-likeness (QED) is 0.693. The van der Waals surface area contributed by atoms with Crippen LogP contribution in [-0.4, -0.2) is 21.0 Å². The van der Waals surface area contributed by atoms with Crippen LogP contribution in [0.15, 0.2) is 12.1 Å². The van der Waals surface area contributed by atoms with E-state index in [9.17, 15) is 0 Å². The molecule has 1 aromatic rings. The number of benzene rings is 1. The Morgan fingerprint density at radius 3 is 2.69 bits per heavy atom. The van der Waals surface area contributed by atoms with E-state index in [4.69, 9.17) is 18.9 Å². The van der Waals surface area contributed by atoms with Gasteiger partial charge in [0, 0.05) is 12.1 Å². The number of methoxy groups -OCH3 is 2. The molecule has 0 unspecified atom stereocenters. The highest BCUT2D eigenvalue weighted by atomic mass is 16.7. The highest BCUT2D eigenvalue weighted by Crippen LogP contribution is 2.43. The van der Waals surface area contributed by atoms with E-state index in [1.54, 1.807) is 26.4 Å². The third kappa shape index (κ3) is 1.24. The fourth-order valence-electron chi connectivity index (χ4n) is 1.22. The lowest BCUT2D eigenvalue weighted by Crippen LogP contribution is -1.93. The minimum absolute atomic E-state index is 0.235. The molecule has 0 spiro atoms. The molecule has 0 radical (unpaired) electrons. The maximum absolute atomic E-state index is 5.22. The van der Waals surface area contributed by atoms with Gasteiger partial charge in [-0.1, -0.05) is 0 Å². The molecular weight excluding hydrogens is 172 g/mol. The first-order valence-corrected chi connectivity index (χ1v) is 3.87. The van der Waals surface area contributed by atoms with Gasteiger partial charge in [0.2, 0.25) is 12.5 Å². The summed E-state index contributed by atoms with van der Waals surface area (Å²) >= 11 is 0. The molecule has 0 fully saturated rings. The highest BCUT2D eigenvalue weighted by Gasteiger charge is 2.20. The lowest BCUT2D eigenvalue weighted by atomic mass is 10.3. The molecule has 1 aromatic carbocycles. The van der Waals surface area contributed by atoms with Crippen LogP contribution in [0.25, 0.3) is 0 Å². The monoisotopic (exact) mass is 182 g/mol. The van der Waals surface area contributed by atoms with Crippen molar-refractivity contribution in [2.45, 2.75) is 0 Å². The van der Waals surface area contributed by atoms with Gasteiger partial charge in [-0.05, 0) is 0 Å². The van der Waals surface area contributed by atoms with Gasteiger partial charge in [0.15, 0.2) is 11.5 Å². The minimum Gasteiger partial charge on any atom is -0.496 e. The van der Waals surface area contributed by atoms with E-state index in [0.29, 0.717) is 23.0 Å². The van der Waals surface area contributed by atoms with E-state index in [0.717, 1.165) is 0 Å². The summed E-state index contributed by atoms with van der Waals surface area (Å²) in [6.07, 6.45) is 0. The Kier molecular flexibility index (Phi) is 1.88. The third-order valence-corrected chi connectivity index (χ3v) is 1.87. The first-order valence-electron chi connectivity index (χ1n) is 3.87. The molecule has 2 rings (SSSR count). The zero-order valence-corrected chi connectivity index (χ0v) is 7.49. The number of hydrogen-bond donors (Lipinski definition) is 0. The van der Waals surface area contributed by atoms with E-state index >= 15 is 0 Å². The average molecular weight is 182 g/mol. The van der Waals surface area contributed by atoms with Gasteiger partial charge in [0.25, 0.3) is 0 Å². The summed E-state index contributed by atoms with van der Waals surface area (Å²) in [6.45, 7) is 0.235. The molecule has 0 bridgehead atoms. The predicted molar refractivity (Wildman–Crippen MR) is 45.7 cm³/mol. The van der Waals surface area contributed by atoms with Crippen molar-refractivity contribution in [3.05, 3.63) is 12.1 Å². The molecule has 1 heterocycles. The van der Waals surface area contributed by atoms with Crippen LogP contribution >= 0.6 is 0 Å². The fraction of sp³-hybridized carbons (Fsp3) is 0.333. The minimum atomic E-state index is 0.235. The van der Waals surface area contributed by atoms with Crippen molar-refractivity contribution in [1.82, 2.24) is 0 Å². The van der Waals surface area contributed by atoms with Gasteiger partial charge in [-0.2, -0.15) is 0 Å². The Bertz CT molecular complexity index is 322. The average Bonchev–Trinajstić information content (AvgIpc) is 2.63. The van der Waals surface area contributed by atoms with Crippen molar-refractivity contribution in [3.8, 4) is 23.0 Å². The number of rotatable bonds is 2. The van der Waals surface area contributed by atoms with Crippen LogP contribution in [0.4, 0.5) is 0 Å². The molecule has 0 aromatic heterocycles. The number of hydrogen-bond acceptors (Lipinski definition) is 4. The molecule has 70 valence electrons. The summed E-state index contributed by atoms with van der Waals surface area (Å²) < 4.78 is 20.6. The molecule has 0 atom stereocenters. The maximum atomic E-state index is 5.22.